The van der Waals surface area contributed by atoms with E-state index < -0.39 is 11.7 Å². The zero-order chi connectivity index (χ0) is 23.8. The number of alkyl carbamates (subject to hydrolysis) is 1. The first-order valence-corrected chi connectivity index (χ1v) is 12.3. The van der Waals surface area contributed by atoms with Gasteiger partial charge in [0.15, 0.2) is 0 Å². The Balaban J connectivity index is 1.48. The maximum absolute atomic E-state index is 13.1. The van der Waals surface area contributed by atoms with Gasteiger partial charge in [-0.05, 0) is 77.0 Å². The van der Waals surface area contributed by atoms with Crippen molar-refractivity contribution in [1.29, 1.82) is 0 Å². The number of ether oxygens (including phenoxy) is 1. The van der Waals surface area contributed by atoms with Crippen molar-refractivity contribution in [3.8, 4) is 0 Å². The van der Waals surface area contributed by atoms with Gasteiger partial charge in [0.05, 0.1) is 0 Å². The van der Waals surface area contributed by atoms with Gasteiger partial charge in [0, 0.05) is 29.6 Å². The molecule has 2 saturated heterocycles. The van der Waals surface area contributed by atoms with E-state index >= 15 is 0 Å². The summed E-state index contributed by atoms with van der Waals surface area (Å²) in [5.41, 5.74) is 0.202. The van der Waals surface area contributed by atoms with E-state index in [1.165, 1.54) is 0 Å². The number of piperazine rings is 1. The molecule has 1 aliphatic carbocycles. The van der Waals surface area contributed by atoms with Crippen LogP contribution in [0.3, 0.4) is 0 Å². The molecule has 1 aromatic rings. The second-order valence-electron chi connectivity index (χ2n) is 10.6. The predicted molar refractivity (Wildman–Crippen MR) is 126 cm³/mol. The molecule has 1 aromatic carbocycles. The normalized spacial score (nSPS) is 28.0. The summed E-state index contributed by atoms with van der Waals surface area (Å²) in [5.74, 6) is 0.162. The highest BCUT2D eigenvalue weighted by Crippen LogP contribution is 2.42. The van der Waals surface area contributed by atoms with Crippen LogP contribution in [0.1, 0.15) is 64.9 Å². The molecule has 33 heavy (non-hydrogen) atoms. The first-order valence-electron chi connectivity index (χ1n) is 11.9. The maximum atomic E-state index is 13.1. The number of nitrogens with zero attached hydrogens (tertiary/aromatic N) is 2. The number of carbonyl (C=O) groups is 3. The smallest absolute Gasteiger partial charge is 0.407 e. The zero-order valence-electron chi connectivity index (χ0n) is 19.7. The molecule has 0 unspecified atom stereocenters. The second kappa shape index (κ2) is 9.16. The summed E-state index contributed by atoms with van der Waals surface area (Å²) in [7, 11) is 0. The summed E-state index contributed by atoms with van der Waals surface area (Å²) >= 11 is 6.31. The quantitative estimate of drug-likeness (QED) is 0.716. The molecule has 1 N–H and O–H groups in total. The molecule has 2 heterocycles. The molecule has 3 aliphatic rings. The molecule has 3 amide bonds. The number of hydrogen-bond acceptors (Lipinski definition) is 4. The van der Waals surface area contributed by atoms with Gasteiger partial charge in [-0.1, -0.05) is 23.7 Å². The number of carbonyl (C=O) groups excluding carboxylic acids is 3. The molecule has 7 nitrogen and oxygen atoms in total. The zero-order valence-corrected chi connectivity index (χ0v) is 20.5. The Morgan fingerprint density at radius 2 is 1.91 bits per heavy atom. The Kier molecular flexibility index (Phi) is 6.63. The Morgan fingerprint density at radius 3 is 2.58 bits per heavy atom. The maximum Gasteiger partial charge on any atom is 0.407 e. The van der Waals surface area contributed by atoms with Crippen molar-refractivity contribution >= 4 is 29.5 Å². The molecule has 2 aliphatic heterocycles. The van der Waals surface area contributed by atoms with Crippen molar-refractivity contribution in [2.45, 2.75) is 82.4 Å². The fraction of sp³-hybridized carbons (Fsp3) is 0.640. The van der Waals surface area contributed by atoms with Gasteiger partial charge in [0.1, 0.15) is 18.2 Å². The lowest BCUT2D eigenvalue weighted by Gasteiger charge is -2.46. The number of nitrogens with one attached hydrogen (secondary N) is 1. The third-order valence-corrected chi connectivity index (χ3v) is 7.44. The molecule has 0 bridgehead atoms. The average Bonchev–Trinajstić information content (AvgIpc) is 3.25. The van der Waals surface area contributed by atoms with E-state index in [0.29, 0.717) is 18.1 Å². The molecule has 1 atom stereocenters. The number of amides is 3. The summed E-state index contributed by atoms with van der Waals surface area (Å²) in [5, 5.41) is 3.62. The van der Waals surface area contributed by atoms with Crippen LogP contribution in [-0.2, 0) is 19.7 Å². The fourth-order valence-corrected chi connectivity index (χ4v) is 5.74. The predicted octanol–water partition coefficient (Wildman–Crippen LogP) is 3.88. The molecule has 0 spiro atoms. The van der Waals surface area contributed by atoms with Crippen LogP contribution in [0.15, 0.2) is 24.3 Å². The van der Waals surface area contributed by atoms with E-state index in [1.807, 2.05) is 43.9 Å². The summed E-state index contributed by atoms with van der Waals surface area (Å²) < 4.78 is 5.44. The van der Waals surface area contributed by atoms with Crippen LogP contribution >= 0.6 is 11.6 Å². The highest BCUT2D eigenvalue weighted by Gasteiger charge is 2.46. The van der Waals surface area contributed by atoms with E-state index in [0.717, 1.165) is 44.1 Å². The summed E-state index contributed by atoms with van der Waals surface area (Å²) in [6, 6.07) is 7.55. The Labute approximate surface area is 200 Å². The van der Waals surface area contributed by atoms with Gasteiger partial charge in [-0.25, -0.2) is 4.79 Å². The number of fused-ring (bicyclic) bond motifs is 1. The lowest BCUT2D eigenvalue weighted by Crippen LogP contribution is -2.61. The molecule has 3 fully saturated rings. The van der Waals surface area contributed by atoms with E-state index in [9.17, 15) is 14.4 Å². The standard InChI is InChI=1S/C25H34ClN3O4/c1-24(2,3)33-23(32)27-16-25(17-6-4-7-18(26)14-17)11-9-19(10-12-25)29-15-21(30)28-13-5-8-20(28)22(29)31/h4,6-7,14,19-20H,5,8-13,15-16H2,1-3H3,(H,27,32)/t19-,20-,25+/m0/s1. The Bertz CT molecular complexity index is 920. The van der Waals surface area contributed by atoms with Gasteiger partial charge in [0.25, 0.3) is 0 Å². The topological polar surface area (TPSA) is 79.0 Å². The average molecular weight is 476 g/mol. The van der Waals surface area contributed by atoms with Crippen molar-refractivity contribution in [2.75, 3.05) is 19.6 Å². The van der Waals surface area contributed by atoms with Crippen LogP contribution in [0, 0.1) is 0 Å². The van der Waals surface area contributed by atoms with Crippen LogP contribution < -0.4 is 5.32 Å². The van der Waals surface area contributed by atoms with Crippen molar-refractivity contribution in [2.24, 2.45) is 0 Å². The van der Waals surface area contributed by atoms with Crippen LogP contribution in [0.2, 0.25) is 5.02 Å². The van der Waals surface area contributed by atoms with Crippen LogP contribution in [0.5, 0.6) is 0 Å². The van der Waals surface area contributed by atoms with Gasteiger partial charge >= 0.3 is 6.09 Å². The Morgan fingerprint density at radius 1 is 1.18 bits per heavy atom. The minimum atomic E-state index is -0.569. The van der Waals surface area contributed by atoms with Crippen LogP contribution in [0.25, 0.3) is 0 Å². The lowest BCUT2D eigenvalue weighted by molar-refractivity contribution is -0.156. The molecule has 180 valence electrons. The fourth-order valence-electron chi connectivity index (χ4n) is 5.55. The molecular formula is C25H34ClN3O4. The van der Waals surface area contributed by atoms with Crippen LogP contribution in [-0.4, -0.2) is 65.0 Å². The Hall–Kier alpha value is -2.28. The van der Waals surface area contributed by atoms with Gasteiger partial charge in [-0.2, -0.15) is 0 Å². The van der Waals surface area contributed by atoms with E-state index in [1.54, 1.807) is 4.90 Å². The SMILES string of the molecule is CC(C)(C)OC(=O)NC[C@]1(c2cccc(Cl)c2)CC[C@@H](N2CC(=O)N3CCC[C@H]3C2=O)CC1. The van der Waals surface area contributed by atoms with E-state index in [2.05, 4.69) is 11.4 Å². The molecule has 1 saturated carbocycles. The third kappa shape index (κ3) is 5.13. The van der Waals surface area contributed by atoms with Crippen molar-refractivity contribution < 1.29 is 19.1 Å². The van der Waals surface area contributed by atoms with Gasteiger partial charge in [-0.15, -0.1) is 0 Å². The molecule has 0 radical (unpaired) electrons. The van der Waals surface area contributed by atoms with Gasteiger partial charge < -0.3 is 19.9 Å². The highest BCUT2D eigenvalue weighted by atomic mass is 35.5. The van der Waals surface area contributed by atoms with Crippen LogP contribution in [0.4, 0.5) is 4.79 Å². The molecule has 0 aromatic heterocycles. The first kappa shape index (κ1) is 23.9. The number of halogens is 1. The highest BCUT2D eigenvalue weighted by molar-refractivity contribution is 6.30. The molecule has 4 rings (SSSR count). The lowest BCUT2D eigenvalue weighted by atomic mass is 9.67. The minimum Gasteiger partial charge on any atom is -0.444 e. The van der Waals surface area contributed by atoms with Gasteiger partial charge in [-0.3, -0.25) is 9.59 Å². The number of benzene rings is 1. The number of rotatable bonds is 4. The second-order valence-corrected chi connectivity index (χ2v) is 11.0. The molecule has 8 heteroatoms. The number of hydrogen-bond donors (Lipinski definition) is 1. The largest absolute Gasteiger partial charge is 0.444 e. The van der Waals surface area contributed by atoms with Gasteiger partial charge in [0.2, 0.25) is 11.8 Å². The van der Waals surface area contributed by atoms with Crippen molar-refractivity contribution in [1.82, 2.24) is 15.1 Å². The first-order chi connectivity index (χ1) is 15.6. The monoisotopic (exact) mass is 475 g/mol. The van der Waals surface area contributed by atoms with Crippen molar-refractivity contribution in [3.63, 3.8) is 0 Å². The summed E-state index contributed by atoms with van der Waals surface area (Å²) in [4.78, 5) is 41.7. The molecular weight excluding hydrogens is 442 g/mol. The third-order valence-electron chi connectivity index (χ3n) is 7.21. The summed E-state index contributed by atoms with van der Waals surface area (Å²) in [6.07, 6.45) is 4.32. The van der Waals surface area contributed by atoms with E-state index in [-0.39, 0.29) is 35.9 Å². The minimum absolute atomic E-state index is 0.0398. The van der Waals surface area contributed by atoms with E-state index in [4.69, 9.17) is 16.3 Å². The summed E-state index contributed by atoms with van der Waals surface area (Å²) in [6.45, 7) is 6.83. The van der Waals surface area contributed by atoms with Crippen molar-refractivity contribution in [3.05, 3.63) is 34.9 Å².